The zero-order valence-corrected chi connectivity index (χ0v) is 11.3. The first-order valence-electron chi connectivity index (χ1n) is 6.84. The van der Waals surface area contributed by atoms with Gasteiger partial charge in [-0.15, -0.1) is 0 Å². The topological polar surface area (TPSA) is 75.6 Å². The highest BCUT2D eigenvalue weighted by Gasteiger charge is 2.21. The predicted octanol–water partition coefficient (Wildman–Crippen LogP) is 1.47. The summed E-state index contributed by atoms with van der Waals surface area (Å²) in [6.07, 6.45) is 2.43. The number of ether oxygens (including phenoxy) is 1. The summed E-state index contributed by atoms with van der Waals surface area (Å²) in [7, 11) is 0. The van der Waals surface area contributed by atoms with Gasteiger partial charge in [-0.25, -0.2) is 4.79 Å². The quantitative estimate of drug-likeness (QED) is 0.854. The van der Waals surface area contributed by atoms with Crippen molar-refractivity contribution in [3.05, 3.63) is 35.4 Å². The minimum absolute atomic E-state index is 0.0269. The third-order valence-electron chi connectivity index (χ3n) is 3.42. The lowest BCUT2D eigenvalue weighted by Gasteiger charge is -2.21. The van der Waals surface area contributed by atoms with Gasteiger partial charge in [0.2, 0.25) is 5.91 Å². The van der Waals surface area contributed by atoms with E-state index in [-0.39, 0.29) is 17.4 Å². The molecule has 1 aromatic rings. The molecule has 20 heavy (non-hydrogen) atoms. The molecule has 1 aromatic carbocycles. The highest BCUT2D eigenvalue weighted by Crippen LogP contribution is 2.13. The molecule has 0 aromatic heterocycles. The third kappa shape index (κ3) is 4.06. The second-order valence-corrected chi connectivity index (χ2v) is 4.96. The lowest BCUT2D eigenvalue weighted by molar-refractivity contribution is -0.128. The fraction of sp³-hybridized carbons (Fsp3) is 0.467. The van der Waals surface area contributed by atoms with Gasteiger partial charge in [0.05, 0.1) is 18.1 Å². The molecule has 5 nitrogen and oxygen atoms in total. The molecule has 1 aliphatic rings. The second kappa shape index (κ2) is 7.05. The lowest BCUT2D eigenvalue weighted by Crippen LogP contribution is -2.36. The Morgan fingerprint density at radius 3 is 2.95 bits per heavy atom. The number of nitrogens with one attached hydrogen (secondary N) is 1. The average Bonchev–Trinajstić information content (AvgIpc) is 2.48. The molecule has 1 aliphatic heterocycles. The molecule has 1 heterocycles. The van der Waals surface area contributed by atoms with Gasteiger partial charge in [0.1, 0.15) is 0 Å². The summed E-state index contributed by atoms with van der Waals surface area (Å²) >= 11 is 0. The molecule has 0 spiro atoms. The van der Waals surface area contributed by atoms with Crippen LogP contribution in [-0.4, -0.2) is 36.7 Å². The Balaban J connectivity index is 1.79. The van der Waals surface area contributed by atoms with Crippen molar-refractivity contribution in [1.82, 2.24) is 5.32 Å². The maximum Gasteiger partial charge on any atom is 0.335 e. The molecule has 0 aliphatic carbocycles. The van der Waals surface area contributed by atoms with E-state index < -0.39 is 5.97 Å². The van der Waals surface area contributed by atoms with E-state index in [1.807, 2.05) is 6.07 Å². The zero-order valence-electron chi connectivity index (χ0n) is 11.3. The molecule has 1 atom stereocenters. The number of amides is 1. The van der Waals surface area contributed by atoms with Crippen LogP contribution < -0.4 is 5.32 Å². The van der Waals surface area contributed by atoms with E-state index in [1.54, 1.807) is 18.2 Å². The third-order valence-corrected chi connectivity index (χ3v) is 3.42. The Bertz CT molecular complexity index is 481. The van der Waals surface area contributed by atoms with Crippen LogP contribution in [0.3, 0.4) is 0 Å². The first kappa shape index (κ1) is 14.5. The fourth-order valence-electron chi connectivity index (χ4n) is 2.28. The monoisotopic (exact) mass is 277 g/mol. The molecule has 1 fully saturated rings. The summed E-state index contributed by atoms with van der Waals surface area (Å²) in [5, 5.41) is 11.8. The van der Waals surface area contributed by atoms with E-state index in [1.165, 1.54) is 0 Å². The average molecular weight is 277 g/mol. The number of carbonyl (C=O) groups excluding carboxylic acids is 1. The lowest BCUT2D eigenvalue weighted by atomic mass is 10.0. The van der Waals surface area contributed by atoms with Crippen LogP contribution >= 0.6 is 0 Å². The van der Waals surface area contributed by atoms with Crippen LogP contribution in [0.25, 0.3) is 0 Å². The summed E-state index contributed by atoms with van der Waals surface area (Å²) in [6, 6.07) is 6.78. The van der Waals surface area contributed by atoms with Gasteiger partial charge in [0.15, 0.2) is 0 Å². The van der Waals surface area contributed by atoms with Crippen molar-refractivity contribution in [2.24, 2.45) is 5.92 Å². The van der Waals surface area contributed by atoms with E-state index in [0.29, 0.717) is 19.6 Å². The SMILES string of the molecule is O=C(O)c1cccc(CCNC(=O)C2CCCOC2)c1. The molecule has 0 bridgehead atoms. The molecule has 1 unspecified atom stereocenters. The predicted molar refractivity (Wildman–Crippen MR) is 73.7 cm³/mol. The zero-order chi connectivity index (χ0) is 14.4. The molecule has 2 rings (SSSR count). The first-order valence-corrected chi connectivity index (χ1v) is 6.84. The number of hydrogen-bond donors (Lipinski definition) is 2. The van der Waals surface area contributed by atoms with Crippen LogP contribution in [0.4, 0.5) is 0 Å². The van der Waals surface area contributed by atoms with Crippen LogP contribution in [0.1, 0.15) is 28.8 Å². The Labute approximate surface area is 117 Å². The van der Waals surface area contributed by atoms with Gasteiger partial charge in [0, 0.05) is 13.2 Å². The standard InChI is InChI=1S/C15H19NO4/c17-14(13-5-2-8-20-10-13)16-7-6-11-3-1-4-12(9-11)15(18)19/h1,3-4,9,13H,2,5-8,10H2,(H,16,17)(H,18,19). The van der Waals surface area contributed by atoms with Crippen LogP contribution in [0, 0.1) is 5.92 Å². The molecular weight excluding hydrogens is 258 g/mol. The van der Waals surface area contributed by atoms with Crippen LogP contribution in [0.5, 0.6) is 0 Å². The summed E-state index contributed by atoms with van der Waals surface area (Å²) in [5.74, 6) is -0.955. The Morgan fingerprint density at radius 1 is 1.40 bits per heavy atom. The van der Waals surface area contributed by atoms with Crippen molar-refractivity contribution in [3.63, 3.8) is 0 Å². The normalized spacial score (nSPS) is 18.5. The van der Waals surface area contributed by atoms with Crippen molar-refractivity contribution < 1.29 is 19.4 Å². The van der Waals surface area contributed by atoms with Gasteiger partial charge < -0.3 is 15.2 Å². The molecule has 0 saturated carbocycles. The van der Waals surface area contributed by atoms with E-state index in [0.717, 1.165) is 25.0 Å². The number of rotatable bonds is 5. The number of carboxylic acid groups (broad SMARTS) is 1. The first-order chi connectivity index (χ1) is 9.66. The van der Waals surface area contributed by atoms with Gasteiger partial charge in [-0.3, -0.25) is 4.79 Å². The van der Waals surface area contributed by atoms with E-state index >= 15 is 0 Å². The van der Waals surface area contributed by atoms with Gasteiger partial charge in [-0.1, -0.05) is 12.1 Å². The number of hydrogen-bond acceptors (Lipinski definition) is 3. The van der Waals surface area contributed by atoms with Gasteiger partial charge in [-0.05, 0) is 37.0 Å². The molecule has 0 radical (unpaired) electrons. The summed E-state index contributed by atoms with van der Waals surface area (Å²) < 4.78 is 5.28. The number of carbonyl (C=O) groups is 2. The molecule has 108 valence electrons. The van der Waals surface area contributed by atoms with Crippen LogP contribution in [0.2, 0.25) is 0 Å². The molecule has 1 saturated heterocycles. The summed E-state index contributed by atoms with van der Waals surface area (Å²) in [5.41, 5.74) is 1.18. The van der Waals surface area contributed by atoms with E-state index in [2.05, 4.69) is 5.32 Å². The minimum Gasteiger partial charge on any atom is -0.478 e. The van der Waals surface area contributed by atoms with E-state index in [4.69, 9.17) is 9.84 Å². The van der Waals surface area contributed by atoms with Crippen molar-refractivity contribution in [3.8, 4) is 0 Å². The highest BCUT2D eigenvalue weighted by atomic mass is 16.5. The number of carboxylic acids is 1. The minimum atomic E-state index is -0.935. The van der Waals surface area contributed by atoms with Crippen LogP contribution in [0.15, 0.2) is 24.3 Å². The van der Waals surface area contributed by atoms with Gasteiger partial charge >= 0.3 is 5.97 Å². The largest absolute Gasteiger partial charge is 0.478 e. The fourth-order valence-corrected chi connectivity index (χ4v) is 2.28. The maximum absolute atomic E-state index is 11.9. The Kier molecular flexibility index (Phi) is 5.12. The van der Waals surface area contributed by atoms with Crippen molar-refractivity contribution in [2.75, 3.05) is 19.8 Å². The molecular formula is C15H19NO4. The second-order valence-electron chi connectivity index (χ2n) is 4.96. The Hall–Kier alpha value is -1.88. The molecule has 1 amide bonds. The summed E-state index contributed by atoms with van der Waals surface area (Å²) in [4.78, 5) is 22.7. The Morgan fingerprint density at radius 2 is 2.25 bits per heavy atom. The number of aromatic carboxylic acids is 1. The van der Waals surface area contributed by atoms with Crippen molar-refractivity contribution in [1.29, 1.82) is 0 Å². The highest BCUT2D eigenvalue weighted by molar-refractivity contribution is 5.87. The number of benzene rings is 1. The van der Waals surface area contributed by atoms with Gasteiger partial charge in [-0.2, -0.15) is 0 Å². The smallest absolute Gasteiger partial charge is 0.335 e. The maximum atomic E-state index is 11.9. The van der Waals surface area contributed by atoms with E-state index in [9.17, 15) is 9.59 Å². The molecule has 2 N–H and O–H groups in total. The van der Waals surface area contributed by atoms with Crippen LogP contribution in [-0.2, 0) is 16.0 Å². The van der Waals surface area contributed by atoms with Gasteiger partial charge in [0.25, 0.3) is 0 Å². The molecule has 5 heteroatoms. The van der Waals surface area contributed by atoms with Crippen molar-refractivity contribution in [2.45, 2.75) is 19.3 Å². The summed E-state index contributed by atoms with van der Waals surface area (Å²) in [6.45, 7) is 1.75. The van der Waals surface area contributed by atoms with Crippen molar-refractivity contribution >= 4 is 11.9 Å².